The third-order valence-electron chi connectivity index (χ3n) is 4.54. The van der Waals surface area contributed by atoms with E-state index in [9.17, 15) is 9.90 Å². The third-order valence-corrected chi connectivity index (χ3v) is 4.54. The van der Waals surface area contributed by atoms with Gasteiger partial charge in [0.15, 0.2) is 0 Å². The van der Waals surface area contributed by atoms with Crippen LogP contribution in [0, 0.1) is 11.8 Å². The maximum atomic E-state index is 11.5. The van der Waals surface area contributed by atoms with Crippen LogP contribution < -0.4 is 0 Å². The van der Waals surface area contributed by atoms with Gasteiger partial charge in [0.05, 0.1) is 5.92 Å². The Labute approximate surface area is 132 Å². The predicted molar refractivity (Wildman–Crippen MR) is 91.7 cm³/mol. The van der Waals surface area contributed by atoms with E-state index in [1.807, 2.05) is 0 Å². The van der Waals surface area contributed by atoms with E-state index in [2.05, 4.69) is 20.8 Å². The largest absolute Gasteiger partial charge is 0.481 e. The van der Waals surface area contributed by atoms with Crippen molar-refractivity contribution in [1.29, 1.82) is 0 Å². The van der Waals surface area contributed by atoms with Crippen molar-refractivity contribution in [3.63, 3.8) is 0 Å². The molecule has 0 amide bonds. The van der Waals surface area contributed by atoms with E-state index in [1.165, 1.54) is 64.2 Å². The highest BCUT2D eigenvalue weighted by Crippen LogP contribution is 2.26. The first kappa shape index (κ1) is 20.5. The zero-order valence-electron chi connectivity index (χ0n) is 14.7. The maximum absolute atomic E-state index is 11.5. The van der Waals surface area contributed by atoms with Crippen molar-refractivity contribution < 1.29 is 9.90 Å². The normalized spacial score (nSPS) is 14.0. The number of unbranched alkanes of at least 4 members (excludes halogenated alkanes) is 6. The first-order valence-corrected chi connectivity index (χ1v) is 9.38. The third kappa shape index (κ3) is 11.8. The minimum atomic E-state index is -0.568. The summed E-state index contributed by atoms with van der Waals surface area (Å²) in [6.07, 6.45) is 15.3. The molecule has 2 heteroatoms. The van der Waals surface area contributed by atoms with Gasteiger partial charge in [0.1, 0.15) is 0 Å². The van der Waals surface area contributed by atoms with Crippen LogP contribution in [0.2, 0.25) is 0 Å². The Morgan fingerprint density at radius 2 is 1.38 bits per heavy atom. The molecule has 0 aromatic rings. The van der Waals surface area contributed by atoms with E-state index in [0.29, 0.717) is 5.92 Å². The lowest BCUT2D eigenvalue weighted by molar-refractivity contribution is -0.142. The fraction of sp³-hybridized carbons (Fsp3) is 0.947. The van der Waals surface area contributed by atoms with Gasteiger partial charge in [-0.1, -0.05) is 91.4 Å². The monoisotopic (exact) mass is 298 g/mol. The van der Waals surface area contributed by atoms with Crippen LogP contribution in [-0.2, 0) is 4.79 Å². The molecule has 0 aliphatic carbocycles. The zero-order chi connectivity index (χ0) is 15.9. The quantitative estimate of drug-likeness (QED) is 0.353. The van der Waals surface area contributed by atoms with Gasteiger partial charge in [0, 0.05) is 0 Å². The van der Waals surface area contributed by atoms with Crippen LogP contribution in [0.25, 0.3) is 0 Å². The molecule has 0 bridgehead atoms. The molecule has 0 heterocycles. The van der Waals surface area contributed by atoms with E-state index < -0.39 is 5.97 Å². The molecule has 0 radical (unpaired) electrons. The van der Waals surface area contributed by atoms with Crippen LogP contribution in [0.1, 0.15) is 104 Å². The molecule has 1 N–H and O–H groups in total. The van der Waals surface area contributed by atoms with E-state index >= 15 is 0 Å². The molecule has 0 spiro atoms. The summed E-state index contributed by atoms with van der Waals surface area (Å²) in [6.45, 7) is 6.65. The van der Waals surface area contributed by atoms with Crippen LogP contribution in [0.3, 0.4) is 0 Å². The van der Waals surface area contributed by atoms with Gasteiger partial charge < -0.3 is 5.11 Å². The van der Waals surface area contributed by atoms with E-state index in [-0.39, 0.29) is 5.92 Å². The molecule has 0 saturated heterocycles. The second-order valence-electron chi connectivity index (χ2n) is 6.62. The highest BCUT2D eigenvalue weighted by molar-refractivity contribution is 5.69. The molecule has 2 unspecified atom stereocenters. The number of carbonyl (C=O) groups is 1. The highest BCUT2D eigenvalue weighted by atomic mass is 16.4. The van der Waals surface area contributed by atoms with E-state index in [4.69, 9.17) is 0 Å². The van der Waals surface area contributed by atoms with E-state index in [0.717, 1.165) is 19.3 Å². The summed E-state index contributed by atoms with van der Waals surface area (Å²) in [5, 5.41) is 9.46. The molecule has 21 heavy (non-hydrogen) atoms. The van der Waals surface area contributed by atoms with Gasteiger partial charge >= 0.3 is 5.97 Å². The van der Waals surface area contributed by atoms with Crippen molar-refractivity contribution in [3.8, 4) is 0 Å². The summed E-state index contributed by atoms with van der Waals surface area (Å²) >= 11 is 0. The Hall–Kier alpha value is -0.530. The number of carboxylic acid groups (broad SMARTS) is 1. The van der Waals surface area contributed by atoms with Gasteiger partial charge in [-0.15, -0.1) is 0 Å². The Bertz CT molecular complexity index is 238. The molecular weight excluding hydrogens is 260 g/mol. The van der Waals surface area contributed by atoms with Crippen molar-refractivity contribution in [2.24, 2.45) is 11.8 Å². The molecule has 0 aromatic carbocycles. The van der Waals surface area contributed by atoms with Gasteiger partial charge in [-0.2, -0.15) is 0 Å². The first-order valence-electron chi connectivity index (χ1n) is 9.38. The predicted octanol–water partition coefficient (Wildman–Crippen LogP) is 6.43. The lowest BCUT2D eigenvalue weighted by Crippen LogP contribution is -2.18. The Morgan fingerprint density at radius 1 is 0.762 bits per heavy atom. The summed E-state index contributed by atoms with van der Waals surface area (Å²) in [7, 11) is 0. The lowest BCUT2D eigenvalue weighted by Gasteiger charge is -2.20. The van der Waals surface area contributed by atoms with E-state index in [1.54, 1.807) is 0 Å². The number of hydrogen-bond acceptors (Lipinski definition) is 1. The Morgan fingerprint density at radius 3 is 1.95 bits per heavy atom. The lowest BCUT2D eigenvalue weighted by atomic mass is 9.85. The summed E-state index contributed by atoms with van der Waals surface area (Å²) in [4.78, 5) is 11.5. The number of rotatable bonds is 15. The maximum Gasteiger partial charge on any atom is 0.306 e. The molecule has 126 valence electrons. The number of carboxylic acids is 1. The van der Waals surface area contributed by atoms with Gasteiger partial charge in [0.25, 0.3) is 0 Å². The standard InChI is InChI=1S/C19H38O2/c1-4-7-9-10-11-12-15-18(19(20)21)16-17(13-6-3)14-8-5-2/h17-18H,4-16H2,1-3H3,(H,20,21). The number of hydrogen-bond donors (Lipinski definition) is 1. The fourth-order valence-corrected chi connectivity index (χ4v) is 3.20. The van der Waals surface area contributed by atoms with Crippen LogP contribution in [0.15, 0.2) is 0 Å². The second kappa shape index (κ2) is 14.4. The molecule has 2 atom stereocenters. The highest BCUT2D eigenvalue weighted by Gasteiger charge is 2.21. The van der Waals surface area contributed by atoms with Gasteiger partial charge in [-0.05, 0) is 18.8 Å². The summed E-state index contributed by atoms with van der Waals surface area (Å²) in [6, 6.07) is 0. The molecule has 0 aromatic heterocycles. The van der Waals surface area contributed by atoms with Crippen LogP contribution in [0.4, 0.5) is 0 Å². The summed E-state index contributed by atoms with van der Waals surface area (Å²) in [5.41, 5.74) is 0. The van der Waals surface area contributed by atoms with Gasteiger partial charge in [-0.3, -0.25) is 4.79 Å². The van der Waals surface area contributed by atoms with Gasteiger partial charge in [-0.25, -0.2) is 0 Å². The van der Waals surface area contributed by atoms with Gasteiger partial charge in [0.2, 0.25) is 0 Å². The van der Waals surface area contributed by atoms with Crippen molar-refractivity contribution in [1.82, 2.24) is 0 Å². The van der Waals surface area contributed by atoms with Crippen molar-refractivity contribution in [2.45, 2.75) is 104 Å². The zero-order valence-corrected chi connectivity index (χ0v) is 14.7. The first-order chi connectivity index (χ1) is 10.2. The minimum Gasteiger partial charge on any atom is -0.481 e. The molecule has 0 aliphatic rings. The molecule has 0 fully saturated rings. The van der Waals surface area contributed by atoms with Crippen molar-refractivity contribution in [3.05, 3.63) is 0 Å². The van der Waals surface area contributed by atoms with Crippen LogP contribution >= 0.6 is 0 Å². The summed E-state index contributed by atoms with van der Waals surface area (Å²) < 4.78 is 0. The molecular formula is C19H38O2. The molecule has 0 saturated carbocycles. The van der Waals surface area contributed by atoms with Crippen molar-refractivity contribution in [2.75, 3.05) is 0 Å². The average Bonchev–Trinajstić information content (AvgIpc) is 2.46. The molecule has 0 rings (SSSR count). The molecule has 0 aliphatic heterocycles. The Balaban J connectivity index is 4.04. The fourth-order valence-electron chi connectivity index (χ4n) is 3.20. The summed E-state index contributed by atoms with van der Waals surface area (Å²) in [5.74, 6) is -0.0538. The smallest absolute Gasteiger partial charge is 0.306 e. The number of aliphatic carboxylic acids is 1. The SMILES string of the molecule is CCCCCCCCC(CC(CCC)CCCC)C(=O)O. The molecule has 2 nitrogen and oxygen atoms in total. The topological polar surface area (TPSA) is 37.3 Å². The van der Waals surface area contributed by atoms with Crippen LogP contribution in [0.5, 0.6) is 0 Å². The van der Waals surface area contributed by atoms with Crippen molar-refractivity contribution >= 4 is 5.97 Å². The Kier molecular flexibility index (Phi) is 14.0. The van der Waals surface area contributed by atoms with Crippen LogP contribution in [-0.4, -0.2) is 11.1 Å². The average molecular weight is 299 g/mol. The minimum absolute atomic E-state index is 0.107. The second-order valence-corrected chi connectivity index (χ2v) is 6.62.